The van der Waals surface area contributed by atoms with Gasteiger partial charge in [0.25, 0.3) is 10.0 Å². The number of sulfonamides is 1. The molecule has 0 heterocycles. The molecule has 0 spiro atoms. The number of nitrogens with one attached hydrogen (secondary N) is 1. The van der Waals surface area contributed by atoms with Crippen LogP contribution in [0, 0.1) is 19.8 Å². The minimum absolute atomic E-state index is 0.0997. The van der Waals surface area contributed by atoms with E-state index in [1.54, 1.807) is 43.3 Å². The summed E-state index contributed by atoms with van der Waals surface area (Å²) in [7, 11) is -4.07. The van der Waals surface area contributed by atoms with Gasteiger partial charge in [-0.25, -0.2) is 8.42 Å². The van der Waals surface area contributed by atoms with Crippen molar-refractivity contribution < 1.29 is 18.0 Å². The maximum absolute atomic E-state index is 13.9. The molecule has 0 saturated heterocycles. The predicted molar refractivity (Wildman–Crippen MR) is 156 cm³/mol. The van der Waals surface area contributed by atoms with Gasteiger partial charge in [0.1, 0.15) is 12.6 Å². The molecule has 0 radical (unpaired) electrons. The summed E-state index contributed by atoms with van der Waals surface area (Å²) in [5, 5.41) is 2.91. The van der Waals surface area contributed by atoms with Crippen LogP contribution in [0.15, 0.2) is 83.8 Å². The molecule has 0 unspecified atom stereocenters. The zero-order valence-electron chi connectivity index (χ0n) is 23.4. The number of carbonyl (C=O) groups excluding carboxylic acids is 2. The highest BCUT2D eigenvalue weighted by atomic mass is 32.2. The van der Waals surface area contributed by atoms with Crippen LogP contribution in [0.25, 0.3) is 0 Å². The van der Waals surface area contributed by atoms with Crippen molar-refractivity contribution in [1.29, 1.82) is 0 Å². The highest BCUT2D eigenvalue weighted by Gasteiger charge is 2.32. The van der Waals surface area contributed by atoms with Crippen molar-refractivity contribution in [2.75, 3.05) is 23.9 Å². The number of hydrogen-bond acceptors (Lipinski definition) is 4. The van der Waals surface area contributed by atoms with E-state index < -0.39 is 28.5 Å². The van der Waals surface area contributed by atoms with Gasteiger partial charge in [0, 0.05) is 13.1 Å². The van der Waals surface area contributed by atoms with Gasteiger partial charge in [0.2, 0.25) is 11.8 Å². The maximum atomic E-state index is 13.9. The summed E-state index contributed by atoms with van der Waals surface area (Å²) in [6.07, 6.45) is 0.531. The fourth-order valence-electron chi connectivity index (χ4n) is 4.22. The third-order valence-electron chi connectivity index (χ3n) is 6.61. The first-order valence-electron chi connectivity index (χ1n) is 13.3. The lowest BCUT2D eigenvalue weighted by molar-refractivity contribution is -0.138. The van der Waals surface area contributed by atoms with Gasteiger partial charge in [-0.05, 0) is 62.4 Å². The lowest BCUT2D eigenvalue weighted by atomic mass is 10.1. The summed E-state index contributed by atoms with van der Waals surface area (Å²) in [6.45, 7) is 9.70. The van der Waals surface area contributed by atoms with E-state index in [4.69, 9.17) is 0 Å². The minimum atomic E-state index is -4.07. The summed E-state index contributed by atoms with van der Waals surface area (Å²) in [4.78, 5) is 28.5. The van der Waals surface area contributed by atoms with E-state index in [0.29, 0.717) is 18.7 Å². The predicted octanol–water partition coefficient (Wildman–Crippen LogP) is 4.73. The van der Waals surface area contributed by atoms with Crippen LogP contribution in [0.1, 0.15) is 37.5 Å². The van der Waals surface area contributed by atoms with Crippen molar-refractivity contribution in [3.63, 3.8) is 0 Å². The van der Waals surface area contributed by atoms with Crippen molar-refractivity contribution in [1.82, 2.24) is 10.2 Å². The fourth-order valence-corrected chi connectivity index (χ4v) is 5.70. The highest BCUT2D eigenvalue weighted by Crippen LogP contribution is 2.27. The summed E-state index contributed by atoms with van der Waals surface area (Å²) < 4.78 is 28.9. The molecule has 3 rings (SSSR count). The normalized spacial score (nSPS) is 12.2. The van der Waals surface area contributed by atoms with Crippen LogP contribution < -0.4 is 9.62 Å². The Balaban J connectivity index is 1.97. The number of para-hydroxylation sites is 1. The van der Waals surface area contributed by atoms with E-state index >= 15 is 0 Å². The van der Waals surface area contributed by atoms with Gasteiger partial charge < -0.3 is 10.2 Å². The smallest absolute Gasteiger partial charge is 0.264 e. The van der Waals surface area contributed by atoms with E-state index in [1.165, 1.54) is 4.90 Å². The monoisotopic (exact) mass is 549 g/mol. The molecule has 7 nitrogen and oxygen atoms in total. The Kier molecular flexibility index (Phi) is 10.3. The first-order valence-corrected chi connectivity index (χ1v) is 14.7. The molecular weight excluding hydrogens is 510 g/mol. The topological polar surface area (TPSA) is 86.8 Å². The van der Waals surface area contributed by atoms with Crippen molar-refractivity contribution in [2.24, 2.45) is 5.92 Å². The molecule has 1 atom stereocenters. The van der Waals surface area contributed by atoms with E-state index in [2.05, 4.69) is 5.32 Å². The van der Waals surface area contributed by atoms with Gasteiger partial charge in [-0.15, -0.1) is 0 Å². The van der Waals surface area contributed by atoms with E-state index in [1.807, 2.05) is 70.2 Å². The fraction of sp³-hybridized carbons (Fsp3) is 0.355. The quantitative estimate of drug-likeness (QED) is 0.354. The average molecular weight is 550 g/mol. The number of rotatable bonds is 12. The Hall–Kier alpha value is -3.65. The van der Waals surface area contributed by atoms with Gasteiger partial charge in [0.15, 0.2) is 0 Å². The molecule has 3 aromatic rings. The van der Waals surface area contributed by atoms with Gasteiger partial charge in [0.05, 0.1) is 10.6 Å². The Morgan fingerprint density at radius 2 is 1.46 bits per heavy atom. The van der Waals surface area contributed by atoms with E-state index in [-0.39, 0.29) is 23.3 Å². The van der Waals surface area contributed by atoms with Crippen molar-refractivity contribution in [3.05, 3.63) is 95.6 Å². The van der Waals surface area contributed by atoms with Crippen molar-refractivity contribution >= 4 is 27.5 Å². The van der Waals surface area contributed by atoms with Crippen LogP contribution in [0.5, 0.6) is 0 Å². The first kappa shape index (κ1) is 29.9. The van der Waals surface area contributed by atoms with Crippen LogP contribution in [0.4, 0.5) is 5.69 Å². The summed E-state index contributed by atoms with van der Waals surface area (Å²) in [5.74, 6) is -0.461. The Labute approximate surface area is 232 Å². The molecule has 0 aliphatic heterocycles. The van der Waals surface area contributed by atoms with Gasteiger partial charge in [-0.1, -0.05) is 80.1 Å². The lowest BCUT2D eigenvalue weighted by Gasteiger charge is -2.32. The Morgan fingerprint density at radius 3 is 2.08 bits per heavy atom. The average Bonchev–Trinajstić information content (AvgIpc) is 2.91. The number of carbonyl (C=O) groups is 2. The SMILES string of the molecule is Cc1ccc(S(=O)(=O)N(CC(=O)N(CCc2ccccc2)[C@H](C)C(=O)NCC(C)C)c2ccccc2C)cc1. The zero-order valence-corrected chi connectivity index (χ0v) is 24.2. The molecule has 1 N–H and O–H groups in total. The number of hydrogen-bond donors (Lipinski definition) is 1. The minimum Gasteiger partial charge on any atom is -0.354 e. The van der Waals surface area contributed by atoms with Gasteiger partial charge >= 0.3 is 0 Å². The third kappa shape index (κ3) is 7.93. The molecule has 3 aromatic carbocycles. The van der Waals surface area contributed by atoms with Crippen molar-refractivity contribution in [3.8, 4) is 0 Å². The van der Waals surface area contributed by atoms with Crippen LogP contribution in [-0.4, -0.2) is 50.8 Å². The Bertz CT molecular complexity index is 1360. The van der Waals surface area contributed by atoms with Gasteiger partial charge in [-0.3, -0.25) is 13.9 Å². The molecular formula is C31H39N3O4S. The van der Waals surface area contributed by atoms with Crippen LogP contribution in [-0.2, 0) is 26.0 Å². The molecule has 208 valence electrons. The molecule has 39 heavy (non-hydrogen) atoms. The summed E-state index contributed by atoms with van der Waals surface area (Å²) >= 11 is 0. The molecule has 0 aliphatic rings. The lowest BCUT2D eigenvalue weighted by Crippen LogP contribution is -2.52. The third-order valence-corrected chi connectivity index (χ3v) is 8.38. The second-order valence-corrected chi connectivity index (χ2v) is 12.1. The number of amides is 2. The molecule has 0 saturated carbocycles. The van der Waals surface area contributed by atoms with Crippen LogP contribution in [0.2, 0.25) is 0 Å². The summed E-state index contributed by atoms with van der Waals surface area (Å²) in [6, 6.07) is 22.6. The van der Waals surface area contributed by atoms with Crippen LogP contribution >= 0.6 is 0 Å². The van der Waals surface area contributed by atoms with E-state index in [9.17, 15) is 18.0 Å². The first-order chi connectivity index (χ1) is 18.5. The molecule has 0 aliphatic carbocycles. The van der Waals surface area contributed by atoms with Crippen LogP contribution in [0.3, 0.4) is 0 Å². The number of anilines is 1. The molecule has 0 aromatic heterocycles. The standard InChI is InChI=1S/C31H39N3O4S/c1-23(2)21-32-31(36)26(5)33(20-19-27-12-7-6-8-13-27)30(35)22-34(29-14-10-9-11-25(29)4)39(37,38)28-17-15-24(3)16-18-28/h6-18,23,26H,19-22H2,1-5H3,(H,32,36)/t26-/m1/s1. The highest BCUT2D eigenvalue weighted by molar-refractivity contribution is 7.92. The molecule has 8 heteroatoms. The Morgan fingerprint density at radius 1 is 0.846 bits per heavy atom. The second-order valence-electron chi connectivity index (χ2n) is 10.2. The van der Waals surface area contributed by atoms with Gasteiger partial charge in [-0.2, -0.15) is 0 Å². The largest absolute Gasteiger partial charge is 0.354 e. The zero-order chi connectivity index (χ0) is 28.6. The molecule has 0 bridgehead atoms. The second kappa shape index (κ2) is 13.4. The maximum Gasteiger partial charge on any atom is 0.264 e. The molecule has 2 amide bonds. The van der Waals surface area contributed by atoms with E-state index in [0.717, 1.165) is 21.0 Å². The molecule has 0 fully saturated rings. The van der Waals surface area contributed by atoms with Crippen molar-refractivity contribution in [2.45, 2.75) is 52.0 Å². The summed E-state index contributed by atoms with van der Waals surface area (Å²) in [5.41, 5.74) is 3.10. The number of nitrogens with zero attached hydrogens (tertiary/aromatic N) is 2. The number of benzene rings is 3. The number of aryl methyl sites for hydroxylation is 2.